The lowest BCUT2D eigenvalue weighted by atomic mass is 10.1. The van der Waals surface area contributed by atoms with Gasteiger partial charge in [-0.1, -0.05) is 18.2 Å². The third-order valence-corrected chi connectivity index (χ3v) is 5.34. The number of benzene rings is 2. The molecule has 0 radical (unpaired) electrons. The van der Waals surface area contributed by atoms with Crippen molar-refractivity contribution in [3.63, 3.8) is 0 Å². The highest BCUT2D eigenvalue weighted by Crippen LogP contribution is 2.34. The molecule has 1 saturated heterocycles. The van der Waals surface area contributed by atoms with Crippen LogP contribution in [0.5, 0.6) is 17.2 Å². The molecule has 1 fully saturated rings. The lowest BCUT2D eigenvalue weighted by Crippen LogP contribution is -2.54. The van der Waals surface area contributed by atoms with Gasteiger partial charge < -0.3 is 28.7 Å². The second-order valence-corrected chi connectivity index (χ2v) is 7.46. The number of hydrogen-bond donors (Lipinski definition) is 0. The number of morpholine rings is 1. The molecule has 0 saturated carbocycles. The van der Waals surface area contributed by atoms with Gasteiger partial charge in [-0.3, -0.25) is 9.59 Å². The van der Waals surface area contributed by atoms with E-state index < -0.39 is 6.10 Å². The van der Waals surface area contributed by atoms with E-state index in [1.165, 1.54) is 0 Å². The summed E-state index contributed by atoms with van der Waals surface area (Å²) in [5.41, 5.74) is 1.65. The summed E-state index contributed by atoms with van der Waals surface area (Å²) in [6, 6.07) is 12.7. The predicted molar refractivity (Wildman–Crippen MR) is 114 cm³/mol. The minimum absolute atomic E-state index is 0.125. The molecular weight excluding hydrogens is 400 g/mol. The molecule has 0 aromatic heterocycles. The Balaban J connectivity index is 1.50. The van der Waals surface area contributed by atoms with E-state index in [0.29, 0.717) is 49.2 Å². The summed E-state index contributed by atoms with van der Waals surface area (Å²) in [6.07, 6.45) is -0.772. The van der Waals surface area contributed by atoms with E-state index >= 15 is 0 Å². The third kappa shape index (κ3) is 4.59. The smallest absolute Gasteiger partial charge is 0.265 e. The Labute approximate surface area is 181 Å². The number of carbonyl (C=O) groups excluding carboxylic acids is 2. The number of fused-ring (bicyclic) bond motifs is 1. The molecule has 0 aliphatic carbocycles. The molecule has 2 amide bonds. The van der Waals surface area contributed by atoms with Crippen molar-refractivity contribution in [2.75, 3.05) is 51.5 Å². The molecule has 2 aliphatic rings. The van der Waals surface area contributed by atoms with Crippen molar-refractivity contribution in [2.24, 2.45) is 0 Å². The fourth-order valence-electron chi connectivity index (χ4n) is 3.70. The molecule has 0 bridgehead atoms. The number of para-hydroxylation sites is 2. The molecule has 1 unspecified atom stereocenters. The minimum Gasteiger partial charge on any atom is -0.493 e. The number of amides is 2. The number of carbonyl (C=O) groups is 2. The van der Waals surface area contributed by atoms with Crippen LogP contribution in [0.15, 0.2) is 42.5 Å². The van der Waals surface area contributed by atoms with Crippen LogP contribution in [0.25, 0.3) is 0 Å². The van der Waals surface area contributed by atoms with Crippen LogP contribution in [0.4, 0.5) is 5.69 Å². The van der Waals surface area contributed by atoms with Gasteiger partial charge in [0.25, 0.3) is 11.8 Å². The van der Waals surface area contributed by atoms with E-state index in [1.807, 2.05) is 31.2 Å². The van der Waals surface area contributed by atoms with Crippen molar-refractivity contribution in [3.05, 3.63) is 48.0 Å². The molecule has 31 heavy (non-hydrogen) atoms. The first-order valence-corrected chi connectivity index (χ1v) is 10.3. The fourth-order valence-corrected chi connectivity index (χ4v) is 3.70. The Morgan fingerprint density at radius 1 is 1.10 bits per heavy atom. The van der Waals surface area contributed by atoms with Crippen molar-refractivity contribution >= 4 is 17.5 Å². The van der Waals surface area contributed by atoms with Crippen molar-refractivity contribution in [1.29, 1.82) is 0 Å². The van der Waals surface area contributed by atoms with Crippen LogP contribution < -0.4 is 19.1 Å². The van der Waals surface area contributed by atoms with Gasteiger partial charge in [0.05, 0.1) is 32.6 Å². The van der Waals surface area contributed by atoms with Gasteiger partial charge in [-0.25, -0.2) is 0 Å². The first kappa shape index (κ1) is 21.0. The number of nitrogens with zero attached hydrogens (tertiary/aromatic N) is 2. The van der Waals surface area contributed by atoms with Gasteiger partial charge in [0.1, 0.15) is 5.75 Å². The first-order valence-electron chi connectivity index (χ1n) is 10.3. The number of methoxy groups -OCH3 is 1. The maximum Gasteiger partial charge on any atom is 0.265 e. The van der Waals surface area contributed by atoms with E-state index in [0.717, 1.165) is 5.56 Å². The van der Waals surface area contributed by atoms with Crippen molar-refractivity contribution < 1.29 is 28.5 Å². The molecular formula is C23H26N2O6. The topological polar surface area (TPSA) is 77.5 Å². The molecule has 4 rings (SSSR count). The third-order valence-electron chi connectivity index (χ3n) is 5.34. The van der Waals surface area contributed by atoms with E-state index in [-0.39, 0.29) is 25.0 Å². The van der Waals surface area contributed by atoms with E-state index in [4.69, 9.17) is 18.9 Å². The van der Waals surface area contributed by atoms with Crippen LogP contribution in [0.3, 0.4) is 0 Å². The molecule has 2 aliphatic heterocycles. The zero-order valence-corrected chi connectivity index (χ0v) is 17.7. The zero-order valence-electron chi connectivity index (χ0n) is 17.7. The number of ether oxygens (including phenoxy) is 4. The van der Waals surface area contributed by atoms with Crippen LogP contribution in [-0.2, 0) is 14.3 Å². The molecule has 2 aromatic rings. The van der Waals surface area contributed by atoms with Crippen molar-refractivity contribution in [2.45, 2.75) is 13.0 Å². The van der Waals surface area contributed by atoms with Gasteiger partial charge in [-0.15, -0.1) is 0 Å². The van der Waals surface area contributed by atoms with Crippen LogP contribution in [-0.4, -0.2) is 69.4 Å². The summed E-state index contributed by atoms with van der Waals surface area (Å²) >= 11 is 0. The van der Waals surface area contributed by atoms with Crippen LogP contribution >= 0.6 is 0 Å². The highest BCUT2D eigenvalue weighted by atomic mass is 16.5. The Morgan fingerprint density at radius 3 is 2.65 bits per heavy atom. The van der Waals surface area contributed by atoms with Gasteiger partial charge in [0.2, 0.25) is 0 Å². The number of anilines is 1. The average molecular weight is 426 g/mol. The summed E-state index contributed by atoms with van der Waals surface area (Å²) in [5, 5.41) is 0. The first-order chi connectivity index (χ1) is 15.1. The van der Waals surface area contributed by atoms with Gasteiger partial charge in [-0.05, 0) is 36.8 Å². The Kier molecular flexibility index (Phi) is 6.27. The van der Waals surface area contributed by atoms with E-state index in [9.17, 15) is 9.59 Å². The normalized spacial score (nSPS) is 18.1. The van der Waals surface area contributed by atoms with Crippen molar-refractivity contribution in [3.8, 4) is 17.2 Å². The molecule has 2 heterocycles. The maximum atomic E-state index is 13.1. The molecule has 1 atom stereocenters. The maximum absolute atomic E-state index is 13.1. The Bertz CT molecular complexity index is 957. The Hall–Kier alpha value is -3.26. The summed E-state index contributed by atoms with van der Waals surface area (Å²) in [7, 11) is 1.56. The van der Waals surface area contributed by atoms with E-state index in [2.05, 4.69) is 0 Å². The lowest BCUT2D eigenvalue weighted by molar-refractivity contribution is -0.142. The number of rotatable bonds is 5. The molecule has 0 spiro atoms. The quantitative estimate of drug-likeness (QED) is 0.728. The number of aryl methyl sites for hydroxylation is 1. The van der Waals surface area contributed by atoms with Gasteiger partial charge in [0, 0.05) is 13.1 Å². The van der Waals surface area contributed by atoms with Gasteiger partial charge >= 0.3 is 0 Å². The summed E-state index contributed by atoms with van der Waals surface area (Å²) in [4.78, 5) is 29.4. The molecule has 8 heteroatoms. The lowest BCUT2D eigenvalue weighted by Gasteiger charge is -2.37. The zero-order chi connectivity index (χ0) is 21.8. The summed E-state index contributed by atoms with van der Waals surface area (Å²) < 4.78 is 22.4. The van der Waals surface area contributed by atoms with E-state index in [1.54, 1.807) is 35.1 Å². The molecule has 2 aromatic carbocycles. The SMILES string of the molecule is COc1cc(C)ccc1OCC(=O)N1CC(C(=O)N2CCOCC2)Oc2ccccc21. The Morgan fingerprint density at radius 2 is 1.87 bits per heavy atom. The summed E-state index contributed by atoms with van der Waals surface area (Å²) in [5.74, 6) is 1.15. The fraction of sp³-hybridized carbons (Fsp3) is 0.391. The average Bonchev–Trinajstić information content (AvgIpc) is 2.82. The van der Waals surface area contributed by atoms with Gasteiger partial charge in [-0.2, -0.15) is 0 Å². The van der Waals surface area contributed by atoms with Crippen LogP contribution in [0.1, 0.15) is 5.56 Å². The highest BCUT2D eigenvalue weighted by Gasteiger charge is 2.36. The second-order valence-electron chi connectivity index (χ2n) is 7.46. The standard InChI is InChI=1S/C23H26N2O6/c1-16-7-8-19(20(13-16)28-2)30-15-22(26)25-14-21(23(27)24-9-11-29-12-10-24)31-18-6-4-3-5-17(18)25/h3-8,13,21H,9-12,14-15H2,1-2H3. The van der Waals surface area contributed by atoms with Crippen molar-refractivity contribution in [1.82, 2.24) is 4.90 Å². The van der Waals surface area contributed by atoms with Crippen LogP contribution in [0, 0.1) is 6.92 Å². The highest BCUT2D eigenvalue weighted by molar-refractivity contribution is 5.98. The molecule has 164 valence electrons. The largest absolute Gasteiger partial charge is 0.493 e. The van der Waals surface area contributed by atoms with Gasteiger partial charge in [0.15, 0.2) is 24.2 Å². The molecule has 8 nitrogen and oxygen atoms in total. The monoisotopic (exact) mass is 426 g/mol. The second kappa shape index (κ2) is 9.26. The predicted octanol–water partition coefficient (Wildman–Crippen LogP) is 2.04. The molecule has 0 N–H and O–H groups in total. The minimum atomic E-state index is -0.772. The number of hydrogen-bond acceptors (Lipinski definition) is 6. The summed E-state index contributed by atoms with van der Waals surface area (Å²) in [6.45, 7) is 3.93. The van der Waals surface area contributed by atoms with Crippen LogP contribution in [0.2, 0.25) is 0 Å².